The van der Waals surface area contributed by atoms with Crippen LogP contribution in [0.1, 0.15) is 11.4 Å². The maximum Gasteiger partial charge on any atom is 0.573 e. The predicted molar refractivity (Wildman–Crippen MR) is 71.6 cm³/mol. The van der Waals surface area contributed by atoms with E-state index >= 15 is 0 Å². The van der Waals surface area contributed by atoms with Crippen molar-refractivity contribution in [2.24, 2.45) is 7.05 Å². The Morgan fingerprint density at radius 3 is 2.57 bits per heavy atom. The van der Waals surface area contributed by atoms with E-state index in [1.54, 1.807) is 18.5 Å². The lowest BCUT2D eigenvalue weighted by atomic mass is 10.2. The standard InChI is InChI=1S/C14H12F3N3O/c1-19-9-18-12-8-20(7-6-13(12)19)10-2-4-11(5-3-10)21-14(15,16)17/h2-7,9H,8H2,1H3. The van der Waals surface area contributed by atoms with Crippen molar-refractivity contribution in [3.8, 4) is 5.75 Å². The third-order valence-electron chi connectivity index (χ3n) is 3.20. The molecule has 1 aliphatic rings. The molecule has 0 radical (unpaired) electrons. The van der Waals surface area contributed by atoms with Crippen LogP contribution in [0.4, 0.5) is 18.9 Å². The fourth-order valence-corrected chi connectivity index (χ4v) is 2.22. The average molecular weight is 295 g/mol. The molecule has 0 fully saturated rings. The lowest BCUT2D eigenvalue weighted by molar-refractivity contribution is -0.274. The van der Waals surface area contributed by atoms with Crippen LogP contribution in [0, 0.1) is 0 Å². The normalized spacial score (nSPS) is 14.2. The van der Waals surface area contributed by atoms with Gasteiger partial charge in [-0.1, -0.05) is 0 Å². The molecule has 0 bridgehead atoms. The fraction of sp³-hybridized carbons (Fsp3) is 0.214. The van der Waals surface area contributed by atoms with E-state index in [1.165, 1.54) is 12.1 Å². The summed E-state index contributed by atoms with van der Waals surface area (Å²) in [6, 6.07) is 5.76. The summed E-state index contributed by atoms with van der Waals surface area (Å²) in [4.78, 5) is 6.20. The third-order valence-corrected chi connectivity index (χ3v) is 3.20. The average Bonchev–Trinajstić information content (AvgIpc) is 2.79. The molecule has 4 nitrogen and oxygen atoms in total. The van der Waals surface area contributed by atoms with Gasteiger partial charge < -0.3 is 14.2 Å². The van der Waals surface area contributed by atoms with Crippen molar-refractivity contribution in [1.29, 1.82) is 0 Å². The Morgan fingerprint density at radius 2 is 1.90 bits per heavy atom. The number of rotatable bonds is 2. The summed E-state index contributed by atoms with van der Waals surface area (Å²) in [5.41, 5.74) is 2.73. The Hall–Kier alpha value is -2.44. The van der Waals surface area contributed by atoms with Crippen LogP contribution in [0.2, 0.25) is 0 Å². The van der Waals surface area contributed by atoms with Gasteiger partial charge in [-0.25, -0.2) is 4.98 Å². The van der Waals surface area contributed by atoms with E-state index < -0.39 is 6.36 Å². The van der Waals surface area contributed by atoms with Gasteiger partial charge in [0.2, 0.25) is 0 Å². The van der Waals surface area contributed by atoms with E-state index in [0.29, 0.717) is 6.54 Å². The number of aromatic nitrogens is 2. The highest BCUT2D eigenvalue weighted by Crippen LogP contribution is 2.28. The molecule has 0 aliphatic carbocycles. The number of alkyl halides is 3. The molecule has 0 unspecified atom stereocenters. The van der Waals surface area contributed by atoms with E-state index in [2.05, 4.69) is 9.72 Å². The number of hydrogen-bond acceptors (Lipinski definition) is 3. The van der Waals surface area contributed by atoms with E-state index in [0.717, 1.165) is 17.1 Å². The van der Waals surface area contributed by atoms with E-state index in [1.807, 2.05) is 28.8 Å². The van der Waals surface area contributed by atoms with Crippen molar-refractivity contribution in [3.05, 3.63) is 48.2 Å². The summed E-state index contributed by atoms with van der Waals surface area (Å²) in [6.07, 6.45) is 0.865. The van der Waals surface area contributed by atoms with Gasteiger partial charge in [-0.05, 0) is 30.3 Å². The van der Waals surface area contributed by atoms with Crippen molar-refractivity contribution >= 4 is 11.8 Å². The number of halogens is 3. The zero-order valence-corrected chi connectivity index (χ0v) is 11.1. The van der Waals surface area contributed by atoms with Gasteiger partial charge in [0.05, 0.1) is 24.3 Å². The van der Waals surface area contributed by atoms with Crippen molar-refractivity contribution in [1.82, 2.24) is 9.55 Å². The zero-order valence-electron chi connectivity index (χ0n) is 11.1. The summed E-state index contributed by atoms with van der Waals surface area (Å²) >= 11 is 0. The second kappa shape index (κ2) is 4.83. The molecule has 7 heteroatoms. The highest BCUT2D eigenvalue weighted by molar-refractivity contribution is 5.61. The Kier molecular flexibility index (Phi) is 3.12. The van der Waals surface area contributed by atoms with Gasteiger partial charge in [-0.3, -0.25) is 0 Å². The van der Waals surface area contributed by atoms with Gasteiger partial charge in [0, 0.05) is 18.9 Å². The number of ether oxygens (including phenoxy) is 1. The van der Waals surface area contributed by atoms with Crippen molar-refractivity contribution < 1.29 is 17.9 Å². The predicted octanol–water partition coefficient (Wildman–Crippen LogP) is 3.31. The summed E-state index contributed by atoms with van der Waals surface area (Å²) in [5.74, 6) is -0.231. The molecule has 0 atom stereocenters. The minimum Gasteiger partial charge on any atom is -0.406 e. The minimum atomic E-state index is -4.67. The molecule has 1 aromatic heterocycles. The van der Waals surface area contributed by atoms with Gasteiger partial charge in [0.25, 0.3) is 0 Å². The topological polar surface area (TPSA) is 30.3 Å². The lowest BCUT2D eigenvalue weighted by Crippen LogP contribution is -2.20. The van der Waals surface area contributed by atoms with Crippen LogP contribution in [0.25, 0.3) is 6.08 Å². The molecular weight excluding hydrogens is 283 g/mol. The zero-order chi connectivity index (χ0) is 15.0. The number of anilines is 1. The molecule has 2 heterocycles. The van der Waals surface area contributed by atoms with Gasteiger partial charge in [0.1, 0.15) is 5.75 Å². The first-order valence-electron chi connectivity index (χ1n) is 6.23. The molecule has 1 aromatic carbocycles. The van der Waals surface area contributed by atoms with Crippen molar-refractivity contribution in [3.63, 3.8) is 0 Å². The number of aryl methyl sites for hydroxylation is 1. The van der Waals surface area contributed by atoms with E-state index in [4.69, 9.17) is 0 Å². The van der Waals surface area contributed by atoms with Crippen LogP contribution < -0.4 is 9.64 Å². The molecule has 0 spiro atoms. The van der Waals surface area contributed by atoms with E-state index in [9.17, 15) is 13.2 Å². The van der Waals surface area contributed by atoms with Crippen molar-refractivity contribution in [2.75, 3.05) is 4.90 Å². The summed E-state index contributed by atoms with van der Waals surface area (Å²) in [6.45, 7) is 0.576. The van der Waals surface area contributed by atoms with Crippen LogP contribution in [0.5, 0.6) is 5.75 Å². The molecule has 110 valence electrons. The monoisotopic (exact) mass is 295 g/mol. The first kappa shape index (κ1) is 13.5. The number of fused-ring (bicyclic) bond motifs is 1. The number of nitrogens with zero attached hydrogens (tertiary/aromatic N) is 3. The number of imidazole rings is 1. The molecule has 2 aromatic rings. The smallest absolute Gasteiger partial charge is 0.406 e. The molecular formula is C14H12F3N3O. The maximum absolute atomic E-state index is 12.1. The Morgan fingerprint density at radius 1 is 1.19 bits per heavy atom. The fourth-order valence-electron chi connectivity index (χ4n) is 2.22. The summed E-state index contributed by atoms with van der Waals surface area (Å²) < 4.78 is 42.1. The molecule has 0 amide bonds. The van der Waals surface area contributed by atoms with Crippen LogP contribution in [-0.4, -0.2) is 15.9 Å². The lowest BCUT2D eigenvalue weighted by Gasteiger charge is -2.23. The molecule has 0 saturated heterocycles. The molecule has 21 heavy (non-hydrogen) atoms. The van der Waals surface area contributed by atoms with Crippen LogP contribution in [0.3, 0.4) is 0 Å². The van der Waals surface area contributed by atoms with Crippen LogP contribution in [-0.2, 0) is 13.6 Å². The highest BCUT2D eigenvalue weighted by atomic mass is 19.4. The number of hydrogen-bond donors (Lipinski definition) is 0. The summed E-state index contributed by atoms with van der Waals surface area (Å²) in [7, 11) is 1.91. The molecule has 0 N–H and O–H groups in total. The molecule has 3 rings (SSSR count). The van der Waals surface area contributed by atoms with E-state index in [-0.39, 0.29) is 5.75 Å². The second-order valence-electron chi connectivity index (χ2n) is 4.67. The quantitative estimate of drug-likeness (QED) is 0.851. The Bertz CT molecular complexity index is 674. The molecule has 1 aliphatic heterocycles. The van der Waals surface area contributed by atoms with Gasteiger partial charge in [0.15, 0.2) is 0 Å². The van der Waals surface area contributed by atoms with Gasteiger partial charge in [-0.2, -0.15) is 0 Å². The van der Waals surface area contributed by atoms with Gasteiger partial charge >= 0.3 is 6.36 Å². The third kappa shape index (κ3) is 2.86. The SMILES string of the molecule is Cn1cnc2c1C=CN(c1ccc(OC(F)(F)F)cc1)C2. The largest absolute Gasteiger partial charge is 0.573 e. The Balaban J connectivity index is 1.77. The molecule has 0 saturated carbocycles. The van der Waals surface area contributed by atoms with Crippen LogP contribution in [0.15, 0.2) is 36.8 Å². The summed E-state index contributed by atoms with van der Waals surface area (Å²) in [5, 5.41) is 0. The maximum atomic E-state index is 12.1. The Labute approximate surface area is 119 Å². The number of benzene rings is 1. The highest BCUT2D eigenvalue weighted by Gasteiger charge is 2.31. The first-order chi connectivity index (χ1) is 9.92. The first-order valence-corrected chi connectivity index (χ1v) is 6.23. The second-order valence-corrected chi connectivity index (χ2v) is 4.67. The minimum absolute atomic E-state index is 0.231. The van der Waals surface area contributed by atoms with Crippen LogP contribution >= 0.6 is 0 Å². The van der Waals surface area contributed by atoms with Gasteiger partial charge in [-0.15, -0.1) is 13.2 Å². The van der Waals surface area contributed by atoms with Crippen molar-refractivity contribution in [2.45, 2.75) is 12.9 Å².